The molecule has 2 aromatic rings. The Hall–Kier alpha value is -1.59. The van der Waals surface area contributed by atoms with Crippen molar-refractivity contribution in [3.05, 3.63) is 45.4 Å². The summed E-state index contributed by atoms with van der Waals surface area (Å²) in [6.07, 6.45) is 0. The van der Waals surface area contributed by atoms with E-state index in [2.05, 4.69) is 10.6 Å². The zero-order chi connectivity index (χ0) is 13.8. The highest BCUT2D eigenvalue weighted by Crippen LogP contribution is 2.26. The van der Waals surface area contributed by atoms with E-state index < -0.39 is 5.82 Å². The fraction of sp³-hybridized carbons (Fsp3) is 0.154. The molecule has 0 spiro atoms. The number of carbonyl (C=O) groups is 1. The quantitative estimate of drug-likeness (QED) is 0.892. The maximum atomic E-state index is 13.7. The largest absolute Gasteiger partial charge is 0.378 e. The first kappa shape index (κ1) is 13.8. The van der Waals surface area contributed by atoms with E-state index in [1.54, 1.807) is 12.1 Å². The van der Waals surface area contributed by atoms with Crippen molar-refractivity contribution >= 4 is 40.2 Å². The summed E-state index contributed by atoms with van der Waals surface area (Å²) in [5, 5.41) is 7.65. The van der Waals surface area contributed by atoms with E-state index >= 15 is 0 Å². The van der Waals surface area contributed by atoms with Crippen molar-refractivity contribution in [2.24, 2.45) is 0 Å². The predicted molar refractivity (Wildman–Crippen MR) is 77.4 cm³/mol. The van der Waals surface area contributed by atoms with E-state index in [4.69, 9.17) is 11.6 Å². The lowest BCUT2D eigenvalue weighted by Gasteiger charge is -2.09. The molecule has 1 aromatic heterocycles. The molecule has 19 heavy (non-hydrogen) atoms. The van der Waals surface area contributed by atoms with E-state index in [9.17, 15) is 9.18 Å². The van der Waals surface area contributed by atoms with Gasteiger partial charge in [-0.15, -0.1) is 11.3 Å². The van der Waals surface area contributed by atoms with Crippen LogP contribution in [0.3, 0.4) is 0 Å². The Kier molecular flexibility index (Phi) is 4.39. The maximum absolute atomic E-state index is 13.7. The average molecular weight is 299 g/mol. The second-order valence-electron chi connectivity index (χ2n) is 3.89. The molecule has 0 aliphatic rings. The summed E-state index contributed by atoms with van der Waals surface area (Å²) in [6, 6.07) is 6.61. The summed E-state index contributed by atoms with van der Waals surface area (Å²) in [7, 11) is 0. The molecule has 2 rings (SSSR count). The SMILES string of the molecule is CC(=O)Nc1ccsc1CNc1cccc(Cl)c1F. The van der Waals surface area contributed by atoms with E-state index in [-0.39, 0.29) is 10.9 Å². The van der Waals surface area contributed by atoms with Crippen molar-refractivity contribution in [1.29, 1.82) is 0 Å². The second-order valence-corrected chi connectivity index (χ2v) is 5.30. The van der Waals surface area contributed by atoms with Crippen LogP contribution in [0.25, 0.3) is 0 Å². The van der Waals surface area contributed by atoms with Gasteiger partial charge in [0.1, 0.15) is 0 Å². The lowest BCUT2D eigenvalue weighted by Crippen LogP contribution is -2.08. The molecular formula is C13H12ClFN2OS. The Bertz CT molecular complexity index is 600. The van der Waals surface area contributed by atoms with Gasteiger partial charge in [-0.2, -0.15) is 0 Å². The summed E-state index contributed by atoms with van der Waals surface area (Å²) in [6.45, 7) is 1.87. The van der Waals surface area contributed by atoms with Crippen molar-refractivity contribution in [3.8, 4) is 0 Å². The van der Waals surface area contributed by atoms with Gasteiger partial charge in [-0.1, -0.05) is 17.7 Å². The zero-order valence-corrected chi connectivity index (χ0v) is 11.7. The third-order valence-electron chi connectivity index (χ3n) is 2.45. The molecule has 0 saturated carbocycles. The molecule has 2 N–H and O–H groups in total. The number of rotatable bonds is 4. The Balaban J connectivity index is 2.08. The number of nitrogens with one attached hydrogen (secondary N) is 2. The third-order valence-corrected chi connectivity index (χ3v) is 3.66. The summed E-state index contributed by atoms with van der Waals surface area (Å²) < 4.78 is 13.7. The molecule has 6 heteroatoms. The number of carbonyl (C=O) groups excluding carboxylic acids is 1. The van der Waals surface area contributed by atoms with E-state index in [0.717, 1.165) is 10.6 Å². The Morgan fingerprint density at radius 3 is 2.89 bits per heavy atom. The highest BCUT2D eigenvalue weighted by Gasteiger charge is 2.09. The number of hydrogen-bond donors (Lipinski definition) is 2. The number of hydrogen-bond acceptors (Lipinski definition) is 3. The van der Waals surface area contributed by atoms with Crippen molar-refractivity contribution in [1.82, 2.24) is 0 Å². The fourth-order valence-corrected chi connectivity index (χ4v) is 2.54. The first-order chi connectivity index (χ1) is 9.08. The highest BCUT2D eigenvalue weighted by atomic mass is 35.5. The minimum Gasteiger partial charge on any atom is -0.378 e. The molecule has 0 unspecified atom stereocenters. The third kappa shape index (κ3) is 3.45. The molecule has 1 amide bonds. The van der Waals surface area contributed by atoms with Crippen molar-refractivity contribution < 1.29 is 9.18 Å². The summed E-state index contributed by atoms with van der Waals surface area (Å²) in [4.78, 5) is 12.0. The second kappa shape index (κ2) is 6.04. The van der Waals surface area contributed by atoms with Gasteiger partial charge in [0.15, 0.2) is 5.82 Å². The molecule has 1 aromatic carbocycles. The van der Waals surface area contributed by atoms with Gasteiger partial charge in [0, 0.05) is 11.8 Å². The lowest BCUT2D eigenvalue weighted by atomic mass is 10.3. The maximum Gasteiger partial charge on any atom is 0.221 e. The number of benzene rings is 1. The monoisotopic (exact) mass is 298 g/mol. The van der Waals surface area contributed by atoms with Gasteiger partial charge in [-0.25, -0.2) is 4.39 Å². The van der Waals surface area contributed by atoms with Crippen LogP contribution in [0.5, 0.6) is 0 Å². The predicted octanol–water partition coefficient (Wildman–Crippen LogP) is 4.11. The number of halogens is 2. The summed E-state index contributed by atoms with van der Waals surface area (Å²) >= 11 is 7.19. The lowest BCUT2D eigenvalue weighted by molar-refractivity contribution is -0.114. The van der Waals surface area contributed by atoms with Crippen LogP contribution >= 0.6 is 22.9 Å². The topological polar surface area (TPSA) is 41.1 Å². The van der Waals surface area contributed by atoms with E-state index in [1.165, 1.54) is 24.3 Å². The molecule has 0 bridgehead atoms. The molecule has 0 aliphatic carbocycles. The van der Waals surface area contributed by atoms with Crippen LogP contribution < -0.4 is 10.6 Å². The molecular weight excluding hydrogens is 287 g/mol. The van der Waals surface area contributed by atoms with Gasteiger partial charge < -0.3 is 10.6 Å². The Morgan fingerprint density at radius 1 is 1.37 bits per heavy atom. The molecule has 0 saturated heterocycles. The van der Waals surface area contributed by atoms with Crippen LogP contribution in [0.15, 0.2) is 29.6 Å². The number of thiophene rings is 1. The van der Waals surface area contributed by atoms with Crippen LogP contribution in [-0.4, -0.2) is 5.91 Å². The molecule has 0 radical (unpaired) electrons. The fourth-order valence-electron chi connectivity index (χ4n) is 1.59. The highest BCUT2D eigenvalue weighted by molar-refractivity contribution is 7.10. The van der Waals surface area contributed by atoms with Crippen LogP contribution in [0.2, 0.25) is 5.02 Å². The average Bonchev–Trinajstić information content (AvgIpc) is 2.78. The van der Waals surface area contributed by atoms with Crippen LogP contribution in [0.1, 0.15) is 11.8 Å². The molecule has 3 nitrogen and oxygen atoms in total. The van der Waals surface area contributed by atoms with Gasteiger partial charge in [0.2, 0.25) is 5.91 Å². The van der Waals surface area contributed by atoms with Crippen molar-refractivity contribution in [3.63, 3.8) is 0 Å². The Morgan fingerprint density at radius 2 is 2.16 bits per heavy atom. The van der Waals surface area contributed by atoms with Crippen LogP contribution in [-0.2, 0) is 11.3 Å². The van der Waals surface area contributed by atoms with Crippen LogP contribution in [0, 0.1) is 5.82 Å². The van der Waals surface area contributed by atoms with Crippen molar-refractivity contribution in [2.45, 2.75) is 13.5 Å². The molecule has 1 heterocycles. The van der Waals surface area contributed by atoms with Gasteiger partial charge in [-0.3, -0.25) is 4.79 Å². The standard InChI is InChI=1S/C13H12ClFN2OS/c1-8(18)17-10-5-6-19-12(10)7-16-11-4-2-3-9(14)13(11)15/h2-6,16H,7H2,1H3,(H,17,18). The van der Waals surface area contributed by atoms with Crippen LogP contribution in [0.4, 0.5) is 15.8 Å². The number of amides is 1. The smallest absolute Gasteiger partial charge is 0.221 e. The van der Waals surface area contributed by atoms with Gasteiger partial charge >= 0.3 is 0 Å². The molecule has 0 atom stereocenters. The van der Waals surface area contributed by atoms with Gasteiger partial charge in [-0.05, 0) is 23.6 Å². The zero-order valence-electron chi connectivity index (χ0n) is 10.2. The first-order valence-corrected chi connectivity index (χ1v) is 6.85. The minimum atomic E-state index is -0.471. The minimum absolute atomic E-state index is 0.0817. The molecule has 0 aliphatic heterocycles. The summed E-state index contributed by atoms with van der Waals surface area (Å²) in [5.41, 5.74) is 1.09. The van der Waals surface area contributed by atoms with E-state index in [0.29, 0.717) is 12.2 Å². The van der Waals surface area contributed by atoms with Gasteiger partial charge in [0.25, 0.3) is 0 Å². The Labute approximate surface area is 119 Å². The summed E-state index contributed by atoms with van der Waals surface area (Å²) in [5.74, 6) is -0.601. The van der Waals surface area contributed by atoms with Gasteiger partial charge in [0.05, 0.1) is 22.9 Å². The van der Waals surface area contributed by atoms with Crippen molar-refractivity contribution in [2.75, 3.05) is 10.6 Å². The first-order valence-electron chi connectivity index (χ1n) is 5.60. The molecule has 0 fully saturated rings. The normalized spacial score (nSPS) is 10.3. The molecule has 100 valence electrons. The van der Waals surface area contributed by atoms with E-state index in [1.807, 2.05) is 11.4 Å². The number of anilines is 2.